The van der Waals surface area contributed by atoms with Crippen molar-refractivity contribution < 1.29 is 4.39 Å². The van der Waals surface area contributed by atoms with Crippen molar-refractivity contribution >= 4 is 29.7 Å². The van der Waals surface area contributed by atoms with Crippen molar-refractivity contribution in [3.63, 3.8) is 0 Å². The predicted octanol–water partition coefficient (Wildman–Crippen LogP) is 2.94. The Morgan fingerprint density at radius 2 is 2.09 bits per heavy atom. The molecular weight excluding hydrogens is 188 g/mol. The molecule has 0 aliphatic carbocycles. The molecule has 1 nitrogen and oxygen atoms in total. The molecule has 1 N–H and O–H groups in total. The van der Waals surface area contributed by atoms with E-state index < -0.39 is 0 Å². The molecule has 0 heterocycles. The van der Waals surface area contributed by atoms with Gasteiger partial charge in [0.25, 0.3) is 0 Å². The Bertz CT molecular complexity index is 240. The molecule has 1 rings (SSSR count). The highest BCUT2D eigenvalue weighted by Crippen LogP contribution is 2.18. The first-order valence-electron chi connectivity index (χ1n) is 2.87. The number of hydrogen-bond donors (Lipinski definition) is 1. The zero-order chi connectivity index (χ0) is 7.56. The summed E-state index contributed by atoms with van der Waals surface area (Å²) in [4.78, 5) is 0. The van der Waals surface area contributed by atoms with Crippen LogP contribution in [0.15, 0.2) is 18.2 Å². The van der Waals surface area contributed by atoms with E-state index in [0.717, 1.165) is 5.69 Å². The Morgan fingerprint density at radius 1 is 1.45 bits per heavy atom. The van der Waals surface area contributed by atoms with E-state index in [4.69, 9.17) is 11.6 Å². The van der Waals surface area contributed by atoms with E-state index in [1.165, 1.54) is 12.1 Å². The zero-order valence-electron chi connectivity index (χ0n) is 5.90. The van der Waals surface area contributed by atoms with Gasteiger partial charge in [-0.15, -0.1) is 12.4 Å². The Kier molecular flexibility index (Phi) is 4.23. The van der Waals surface area contributed by atoms with Gasteiger partial charge in [0.2, 0.25) is 0 Å². The molecule has 1 aromatic carbocycles. The third kappa shape index (κ3) is 2.56. The van der Waals surface area contributed by atoms with Gasteiger partial charge in [-0.05, 0) is 18.2 Å². The van der Waals surface area contributed by atoms with Crippen LogP contribution in [0.5, 0.6) is 0 Å². The van der Waals surface area contributed by atoms with E-state index in [0.29, 0.717) is 0 Å². The van der Waals surface area contributed by atoms with Gasteiger partial charge in [0, 0.05) is 12.7 Å². The summed E-state index contributed by atoms with van der Waals surface area (Å²) in [6.07, 6.45) is 0. The molecule has 0 fully saturated rings. The Labute approximate surface area is 76.0 Å². The highest BCUT2D eigenvalue weighted by Gasteiger charge is 1.97. The summed E-state index contributed by atoms with van der Waals surface area (Å²) < 4.78 is 12.5. The van der Waals surface area contributed by atoms with E-state index in [-0.39, 0.29) is 23.2 Å². The third-order valence-electron chi connectivity index (χ3n) is 1.21. The summed E-state index contributed by atoms with van der Waals surface area (Å²) in [5.74, 6) is -0.388. The molecule has 0 unspecified atom stereocenters. The van der Waals surface area contributed by atoms with Crippen LogP contribution in [-0.2, 0) is 0 Å². The second-order valence-electron chi connectivity index (χ2n) is 1.88. The van der Waals surface area contributed by atoms with Crippen LogP contribution >= 0.6 is 24.0 Å². The van der Waals surface area contributed by atoms with Crippen LogP contribution in [0.25, 0.3) is 0 Å². The van der Waals surface area contributed by atoms with E-state index in [1.807, 2.05) is 0 Å². The maximum Gasteiger partial charge on any atom is 0.141 e. The van der Waals surface area contributed by atoms with Gasteiger partial charge in [-0.25, -0.2) is 4.39 Å². The van der Waals surface area contributed by atoms with E-state index in [2.05, 4.69) is 5.32 Å². The van der Waals surface area contributed by atoms with Crippen molar-refractivity contribution in [2.75, 3.05) is 12.4 Å². The Balaban J connectivity index is 0.000001000. The van der Waals surface area contributed by atoms with Crippen LogP contribution in [0.1, 0.15) is 0 Å². The van der Waals surface area contributed by atoms with E-state index >= 15 is 0 Å². The number of benzene rings is 1. The van der Waals surface area contributed by atoms with Gasteiger partial charge in [0.05, 0.1) is 5.02 Å². The summed E-state index contributed by atoms with van der Waals surface area (Å²) in [5, 5.41) is 2.99. The lowest BCUT2D eigenvalue weighted by Gasteiger charge is -1.99. The molecule has 0 spiro atoms. The molecule has 0 aliphatic rings. The fourth-order valence-corrected chi connectivity index (χ4v) is 0.832. The summed E-state index contributed by atoms with van der Waals surface area (Å²) in [6, 6.07) is 4.49. The van der Waals surface area contributed by atoms with Crippen molar-refractivity contribution in [3.05, 3.63) is 29.0 Å². The minimum atomic E-state index is -0.388. The van der Waals surface area contributed by atoms with Gasteiger partial charge >= 0.3 is 0 Å². The van der Waals surface area contributed by atoms with Crippen LogP contribution in [0, 0.1) is 5.82 Å². The van der Waals surface area contributed by atoms with Crippen molar-refractivity contribution in [2.24, 2.45) is 0 Å². The van der Waals surface area contributed by atoms with Crippen molar-refractivity contribution in [1.82, 2.24) is 0 Å². The molecule has 0 amide bonds. The average molecular weight is 196 g/mol. The highest BCUT2D eigenvalue weighted by molar-refractivity contribution is 6.31. The first-order valence-corrected chi connectivity index (χ1v) is 3.24. The summed E-state index contributed by atoms with van der Waals surface area (Å²) in [5.41, 5.74) is 0.811. The minimum absolute atomic E-state index is 0. The number of halogens is 3. The van der Waals surface area contributed by atoms with Crippen LogP contribution in [0.3, 0.4) is 0 Å². The van der Waals surface area contributed by atoms with Crippen molar-refractivity contribution in [2.45, 2.75) is 0 Å². The zero-order valence-corrected chi connectivity index (χ0v) is 7.47. The van der Waals surface area contributed by atoms with Gasteiger partial charge in [-0.2, -0.15) is 0 Å². The Hall–Kier alpha value is -0.470. The summed E-state index contributed by atoms with van der Waals surface area (Å²) in [7, 11) is 1.75. The monoisotopic (exact) mass is 195 g/mol. The molecule has 0 radical (unpaired) electrons. The molecule has 62 valence electrons. The molecule has 0 aliphatic heterocycles. The van der Waals surface area contributed by atoms with Crippen LogP contribution in [-0.4, -0.2) is 7.05 Å². The van der Waals surface area contributed by atoms with E-state index in [9.17, 15) is 4.39 Å². The largest absolute Gasteiger partial charge is 0.388 e. The Morgan fingerprint density at radius 3 is 2.55 bits per heavy atom. The predicted molar refractivity (Wildman–Crippen MR) is 48.2 cm³/mol. The lowest BCUT2D eigenvalue weighted by Crippen LogP contribution is -1.87. The van der Waals surface area contributed by atoms with Crippen LogP contribution in [0.2, 0.25) is 5.02 Å². The molecule has 0 bridgehead atoms. The normalized spacial score (nSPS) is 8.64. The topological polar surface area (TPSA) is 12.0 Å². The molecule has 4 heteroatoms. The lowest BCUT2D eigenvalue weighted by molar-refractivity contribution is 0.628. The number of anilines is 1. The molecule has 0 saturated carbocycles. The fourth-order valence-electron chi connectivity index (χ4n) is 0.652. The van der Waals surface area contributed by atoms with Gasteiger partial charge in [0.15, 0.2) is 0 Å². The van der Waals surface area contributed by atoms with Gasteiger partial charge in [0.1, 0.15) is 5.82 Å². The lowest BCUT2D eigenvalue weighted by atomic mass is 10.3. The number of rotatable bonds is 1. The fraction of sp³-hybridized carbons (Fsp3) is 0.143. The maximum absolute atomic E-state index is 12.5. The second kappa shape index (κ2) is 4.42. The first-order chi connectivity index (χ1) is 4.74. The first kappa shape index (κ1) is 10.5. The van der Waals surface area contributed by atoms with E-state index in [1.54, 1.807) is 13.1 Å². The van der Waals surface area contributed by atoms with Gasteiger partial charge in [-0.1, -0.05) is 11.6 Å². The maximum atomic E-state index is 12.5. The molecular formula is C7H8Cl2FN. The number of nitrogens with one attached hydrogen (secondary N) is 1. The quantitative estimate of drug-likeness (QED) is 0.727. The second-order valence-corrected chi connectivity index (χ2v) is 2.29. The molecule has 11 heavy (non-hydrogen) atoms. The molecule has 1 aromatic rings. The summed E-state index contributed by atoms with van der Waals surface area (Å²) in [6.45, 7) is 0. The van der Waals surface area contributed by atoms with Gasteiger partial charge in [-0.3, -0.25) is 0 Å². The van der Waals surface area contributed by atoms with Crippen molar-refractivity contribution in [1.29, 1.82) is 0 Å². The van der Waals surface area contributed by atoms with Gasteiger partial charge < -0.3 is 5.32 Å². The number of hydrogen-bond acceptors (Lipinski definition) is 1. The minimum Gasteiger partial charge on any atom is -0.388 e. The summed E-state index contributed by atoms with van der Waals surface area (Å²) >= 11 is 5.48. The average Bonchev–Trinajstić information content (AvgIpc) is 1.95. The van der Waals surface area contributed by atoms with Crippen molar-refractivity contribution in [3.8, 4) is 0 Å². The standard InChI is InChI=1S/C7H7ClFN.ClH/c1-10-5-2-3-7(9)6(8)4-5;/h2-4,10H,1H3;1H. The van der Waals surface area contributed by atoms with Crippen LogP contribution < -0.4 is 5.32 Å². The molecule has 0 atom stereocenters. The smallest absolute Gasteiger partial charge is 0.141 e. The molecule has 0 saturated heterocycles. The molecule has 0 aromatic heterocycles. The SMILES string of the molecule is CNc1ccc(F)c(Cl)c1.Cl. The third-order valence-corrected chi connectivity index (χ3v) is 1.50. The highest BCUT2D eigenvalue weighted by atomic mass is 35.5. The van der Waals surface area contributed by atoms with Crippen LogP contribution in [0.4, 0.5) is 10.1 Å².